The van der Waals surface area contributed by atoms with Crippen molar-refractivity contribution in [1.82, 2.24) is 9.21 Å². The smallest absolute Gasteiger partial charge is 0.243 e. The van der Waals surface area contributed by atoms with E-state index in [9.17, 15) is 13.2 Å². The van der Waals surface area contributed by atoms with E-state index in [1.165, 1.54) is 4.31 Å². The van der Waals surface area contributed by atoms with Gasteiger partial charge in [0.1, 0.15) is 0 Å². The molecule has 0 radical (unpaired) electrons. The lowest BCUT2D eigenvalue weighted by molar-refractivity contribution is -0.136. The second-order valence-electron chi connectivity index (χ2n) is 7.22. The van der Waals surface area contributed by atoms with Crippen LogP contribution in [0.15, 0.2) is 23.1 Å². The van der Waals surface area contributed by atoms with Crippen LogP contribution in [0, 0.1) is 19.8 Å². The lowest BCUT2D eigenvalue weighted by atomic mass is 9.96. The van der Waals surface area contributed by atoms with E-state index in [1.54, 1.807) is 6.07 Å². The minimum absolute atomic E-state index is 0.0580. The summed E-state index contributed by atoms with van der Waals surface area (Å²) in [4.78, 5) is 15.0. The SMILES string of the molecule is CCCCN(CC)C(=O)C1CCN(S(=O)(=O)c2ccc(C)cc2C)CC1. The molecule has 5 nitrogen and oxygen atoms in total. The van der Waals surface area contributed by atoms with E-state index in [1.807, 2.05) is 37.8 Å². The van der Waals surface area contributed by atoms with Crippen LogP contribution in [0.4, 0.5) is 0 Å². The topological polar surface area (TPSA) is 57.7 Å². The van der Waals surface area contributed by atoms with Gasteiger partial charge in [0, 0.05) is 32.1 Å². The van der Waals surface area contributed by atoms with Crippen LogP contribution < -0.4 is 0 Å². The van der Waals surface area contributed by atoms with Crippen LogP contribution in [-0.2, 0) is 14.8 Å². The highest BCUT2D eigenvalue weighted by atomic mass is 32.2. The Bertz CT molecular complexity index is 723. The molecule has 1 fully saturated rings. The maximum absolute atomic E-state index is 13.0. The minimum atomic E-state index is -3.49. The van der Waals surface area contributed by atoms with Gasteiger partial charge in [-0.25, -0.2) is 8.42 Å². The number of unbranched alkanes of at least 4 members (excludes halogenated alkanes) is 1. The molecule has 1 aliphatic heterocycles. The first-order valence-electron chi connectivity index (χ1n) is 9.67. The Balaban J connectivity index is 2.04. The number of amides is 1. The number of aryl methyl sites for hydroxylation is 2. The second kappa shape index (κ2) is 9.00. The summed E-state index contributed by atoms with van der Waals surface area (Å²) in [5.74, 6) is 0.127. The summed E-state index contributed by atoms with van der Waals surface area (Å²) < 4.78 is 27.5. The molecule has 26 heavy (non-hydrogen) atoms. The molecule has 1 heterocycles. The fourth-order valence-corrected chi connectivity index (χ4v) is 5.28. The van der Waals surface area contributed by atoms with Gasteiger partial charge >= 0.3 is 0 Å². The number of sulfonamides is 1. The fourth-order valence-electron chi connectivity index (χ4n) is 3.60. The van der Waals surface area contributed by atoms with Gasteiger partial charge in [0.05, 0.1) is 4.90 Å². The molecule has 1 aromatic rings. The predicted octanol–water partition coefficient (Wildman–Crippen LogP) is 3.35. The molecule has 1 aliphatic rings. The Morgan fingerprint density at radius 3 is 2.38 bits per heavy atom. The first-order valence-corrected chi connectivity index (χ1v) is 11.1. The summed E-state index contributed by atoms with van der Waals surface area (Å²) in [5, 5.41) is 0. The third-order valence-corrected chi connectivity index (χ3v) is 7.29. The number of nitrogens with zero attached hydrogens (tertiary/aromatic N) is 2. The number of hydrogen-bond acceptors (Lipinski definition) is 3. The Morgan fingerprint density at radius 2 is 1.85 bits per heavy atom. The van der Waals surface area contributed by atoms with E-state index in [0.29, 0.717) is 30.8 Å². The lowest BCUT2D eigenvalue weighted by Gasteiger charge is -2.33. The molecule has 0 aromatic heterocycles. The van der Waals surface area contributed by atoms with E-state index in [2.05, 4.69) is 6.92 Å². The van der Waals surface area contributed by atoms with Gasteiger partial charge in [-0.1, -0.05) is 31.0 Å². The number of piperidine rings is 1. The second-order valence-corrected chi connectivity index (χ2v) is 9.13. The van der Waals surface area contributed by atoms with Gasteiger partial charge in [0.15, 0.2) is 0 Å². The summed E-state index contributed by atoms with van der Waals surface area (Å²) >= 11 is 0. The van der Waals surface area contributed by atoms with Gasteiger partial charge in [-0.15, -0.1) is 0 Å². The largest absolute Gasteiger partial charge is 0.343 e. The first-order chi connectivity index (χ1) is 12.3. The van der Waals surface area contributed by atoms with Gasteiger partial charge in [-0.2, -0.15) is 4.31 Å². The van der Waals surface area contributed by atoms with Crippen LogP contribution in [0.5, 0.6) is 0 Å². The van der Waals surface area contributed by atoms with Gasteiger partial charge < -0.3 is 4.90 Å². The monoisotopic (exact) mass is 380 g/mol. The third kappa shape index (κ3) is 4.65. The molecular formula is C20H32N2O3S. The van der Waals surface area contributed by atoms with E-state index in [-0.39, 0.29) is 11.8 Å². The number of carbonyl (C=O) groups excluding carboxylic acids is 1. The van der Waals surface area contributed by atoms with E-state index in [0.717, 1.165) is 37.1 Å². The Hall–Kier alpha value is -1.40. The molecule has 1 amide bonds. The van der Waals surface area contributed by atoms with Crippen molar-refractivity contribution < 1.29 is 13.2 Å². The van der Waals surface area contributed by atoms with Crippen molar-refractivity contribution in [3.05, 3.63) is 29.3 Å². The predicted molar refractivity (Wildman–Crippen MR) is 105 cm³/mol. The molecule has 1 aromatic carbocycles. The molecule has 0 aliphatic carbocycles. The van der Waals surface area contributed by atoms with Crippen molar-refractivity contribution in [2.45, 2.75) is 58.3 Å². The van der Waals surface area contributed by atoms with Crippen molar-refractivity contribution in [2.24, 2.45) is 5.92 Å². The van der Waals surface area contributed by atoms with Crippen LogP contribution in [-0.4, -0.2) is 49.7 Å². The van der Waals surface area contributed by atoms with Crippen LogP contribution in [0.1, 0.15) is 50.7 Å². The van der Waals surface area contributed by atoms with Crippen LogP contribution >= 0.6 is 0 Å². The molecule has 1 saturated heterocycles. The summed E-state index contributed by atoms with van der Waals surface area (Å²) in [6, 6.07) is 5.43. The number of hydrogen-bond donors (Lipinski definition) is 0. The highest BCUT2D eigenvalue weighted by Gasteiger charge is 2.34. The van der Waals surface area contributed by atoms with Gasteiger partial charge in [-0.3, -0.25) is 4.79 Å². The number of carbonyl (C=O) groups is 1. The number of rotatable bonds is 7. The molecule has 0 N–H and O–H groups in total. The van der Waals surface area contributed by atoms with Gasteiger partial charge in [-0.05, 0) is 51.7 Å². The molecule has 2 rings (SSSR count). The average molecular weight is 381 g/mol. The minimum Gasteiger partial charge on any atom is -0.343 e. The molecule has 0 saturated carbocycles. The molecule has 6 heteroatoms. The van der Waals surface area contributed by atoms with Crippen LogP contribution in [0.2, 0.25) is 0 Å². The number of benzene rings is 1. The summed E-state index contributed by atoms with van der Waals surface area (Å²) in [5.41, 5.74) is 1.83. The quantitative estimate of drug-likeness (QED) is 0.729. The Labute approximate surface area is 158 Å². The highest BCUT2D eigenvalue weighted by Crippen LogP contribution is 2.27. The van der Waals surface area contributed by atoms with E-state index < -0.39 is 10.0 Å². The lowest BCUT2D eigenvalue weighted by Crippen LogP contribution is -2.44. The maximum Gasteiger partial charge on any atom is 0.243 e. The van der Waals surface area contributed by atoms with Gasteiger partial charge in [0.25, 0.3) is 0 Å². The summed E-state index contributed by atoms with van der Waals surface area (Å²) in [7, 11) is -3.49. The van der Waals surface area contributed by atoms with Crippen molar-refractivity contribution in [3.63, 3.8) is 0 Å². The van der Waals surface area contributed by atoms with Gasteiger partial charge in [0.2, 0.25) is 15.9 Å². The standard InChI is InChI=1S/C20H32N2O3S/c1-5-7-12-21(6-2)20(23)18-10-13-22(14-11-18)26(24,25)19-9-8-16(3)15-17(19)4/h8-9,15,18H,5-7,10-14H2,1-4H3. The maximum atomic E-state index is 13.0. The van der Waals surface area contributed by atoms with Crippen LogP contribution in [0.25, 0.3) is 0 Å². The summed E-state index contributed by atoms with van der Waals surface area (Å²) in [6.07, 6.45) is 3.28. The van der Waals surface area contributed by atoms with Crippen molar-refractivity contribution in [3.8, 4) is 0 Å². The zero-order valence-electron chi connectivity index (χ0n) is 16.5. The molecule has 0 bridgehead atoms. The van der Waals surface area contributed by atoms with Crippen molar-refractivity contribution in [2.75, 3.05) is 26.2 Å². The third-order valence-electron chi connectivity index (χ3n) is 5.23. The Kier molecular flexibility index (Phi) is 7.24. The van der Waals surface area contributed by atoms with E-state index >= 15 is 0 Å². The normalized spacial score (nSPS) is 16.6. The van der Waals surface area contributed by atoms with Crippen molar-refractivity contribution >= 4 is 15.9 Å². The Morgan fingerprint density at radius 1 is 1.19 bits per heavy atom. The molecule has 0 spiro atoms. The van der Waals surface area contributed by atoms with Crippen molar-refractivity contribution in [1.29, 1.82) is 0 Å². The first kappa shape index (κ1) is 20.9. The molecular weight excluding hydrogens is 348 g/mol. The highest BCUT2D eigenvalue weighted by molar-refractivity contribution is 7.89. The summed E-state index contributed by atoms with van der Waals surface area (Å²) in [6.45, 7) is 10.3. The van der Waals surface area contributed by atoms with Crippen LogP contribution in [0.3, 0.4) is 0 Å². The zero-order valence-corrected chi connectivity index (χ0v) is 17.3. The fraction of sp³-hybridized carbons (Fsp3) is 0.650. The zero-order chi connectivity index (χ0) is 19.3. The molecule has 0 unspecified atom stereocenters. The average Bonchev–Trinajstić information content (AvgIpc) is 2.62. The van der Waals surface area contributed by atoms with E-state index in [4.69, 9.17) is 0 Å². The molecule has 146 valence electrons. The molecule has 0 atom stereocenters.